The Balaban J connectivity index is 1.58. The molecule has 0 aliphatic rings. The third-order valence-corrected chi connectivity index (χ3v) is 5.82. The standard InChI is InChI=1S/C24H26FN5O2S/c1-4-13-30-21(11-12-26-23(32)18-7-5-6-8-19(18)25)28-29-24(30)33-15-22(31)27-20-14-16(2)9-10-17(20)3/h4-10,14H,1,11-13,15H2,2-3H3,(H,26,32)(H,27,31). The third kappa shape index (κ3) is 6.52. The van der Waals surface area contributed by atoms with Gasteiger partial charge in [0.05, 0.1) is 11.3 Å². The minimum atomic E-state index is -0.567. The highest BCUT2D eigenvalue weighted by molar-refractivity contribution is 7.99. The second-order valence-corrected chi connectivity index (χ2v) is 8.38. The highest BCUT2D eigenvalue weighted by atomic mass is 32.2. The molecule has 3 rings (SSSR count). The van der Waals surface area contributed by atoms with E-state index in [0.717, 1.165) is 16.8 Å². The monoisotopic (exact) mass is 467 g/mol. The van der Waals surface area contributed by atoms with Crippen LogP contribution in [0.25, 0.3) is 0 Å². The summed E-state index contributed by atoms with van der Waals surface area (Å²) in [7, 11) is 0. The van der Waals surface area contributed by atoms with Crippen LogP contribution in [-0.4, -0.2) is 38.9 Å². The quantitative estimate of drug-likeness (QED) is 0.349. The number of thioether (sulfide) groups is 1. The Hall–Kier alpha value is -3.46. The van der Waals surface area contributed by atoms with Crippen molar-refractivity contribution in [1.82, 2.24) is 20.1 Å². The molecular weight excluding hydrogens is 441 g/mol. The lowest BCUT2D eigenvalue weighted by molar-refractivity contribution is -0.113. The summed E-state index contributed by atoms with van der Waals surface area (Å²) in [5, 5.41) is 14.6. The smallest absolute Gasteiger partial charge is 0.254 e. The number of rotatable bonds is 10. The first-order chi connectivity index (χ1) is 15.9. The summed E-state index contributed by atoms with van der Waals surface area (Å²) in [5.41, 5.74) is 2.85. The number of hydrogen-bond acceptors (Lipinski definition) is 5. The first-order valence-corrected chi connectivity index (χ1v) is 11.4. The van der Waals surface area contributed by atoms with Crippen molar-refractivity contribution in [3.63, 3.8) is 0 Å². The predicted molar refractivity (Wildman–Crippen MR) is 128 cm³/mol. The molecule has 172 valence electrons. The number of carbonyl (C=O) groups excluding carboxylic acids is 2. The van der Waals surface area contributed by atoms with Gasteiger partial charge in [-0.3, -0.25) is 9.59 Å². The molecule has 0 fully saturated rings. The van der Waals surface area contributed by atoms with Crippen LogP contribution in [-0.2, 0) is 17.8 Å². The molecule has 0 unspecified atom stereocenters. The zero-order chi connectivity index (χ0) is 23.8. The van der Waals surface area contributed by atoms with Gasteiger partial charge in [0, 0.05) is 25.2 Å². The molecule has 0 atom stereocenters. The van der Waals surface area contributed by atoms with Gasteiger partial charge in [-0.15, -0.1) is 16.8 Å². The first-order valence-electron chi connectivity index (χ1n) is 10.4. The van der Waals surface area contributed by atoms with Crippen molar-refractivity contribution in [1.29, 1.82) is 0 Å². The molecule has 0 saturated carbocycles. The molecular formula is C24H26FN5O2S. The van der Waals surface area contributed by atoms with E-state index in [1.54, 1.807) is 12.1 Å². The lowest BCUT2D eigenvalue weighted by Gasteiger charge is -2.10. The first kappa shape index (κ1) is 24.2. The lowest BCUT2D eigenvalue weighted by atomic mass is 10.1. The summed E-state index contributed by atoms with van der Waals surface area (Å²) in [6.07, 6.45) is 2.11. The van der Waals surface area contributed by atoms with Crippen molar-refractivity contribution in [2.24, 2.45) is 0 Å². The summed E-state index contributed by atoms with van der Waals surface area (Å²) in [5.74, 6) is -0.378. The second kappa shape index (κ2) is 11.4. The largest absolute Gasteiger partial charge is 0.351 e. The van der Waals surface area contributed by atoms with Crippen LogP contribution in [0.2, 0.25) is 0 Å². The normalized spacial score (nSPS) is 10.6. The van der Waals surface area contributed by atoms with Crippen LogP contribution in [0.3, 0.4) is 0 Å². The highest BCUT2D eigenvalue weighted by Crippen LogP contribution is 2.20. The lowest BCUT2D eigenvalue weighted by Crippen LogP contribution is -2.27. The van der Waals surface area contributed by atoms with Gasteiger partial charge in [-0.05, 0) is 43.2 Å². The van der Waals surface area contributed by atoms with Crippen LogP contribution in [0.15, 0.2) is 60.3 Å². The van der Waals surface area contributed by atoms with Gasteiger partial charge in [0.15, 0.2) is 5.16 Å². The minimum absolute atomic E-state index is 0.00355. The van der Waals surface area contributed by atoms with Crippen LogP contribution in [0.1, 0.15) is 27.3 Å². The van der Waals surface area contributed by atoms with Crippen molar-refractivity contribution >= 4 is 29.3 Å². The number of benzene rings is 2. The van der Waals surface area contributed by atoms with E-state index in [9.17, 15) is 14.0 Å². The number of carbonyl (C=O) groups is 2. The topological polar surface area (TPSA) is 88.9 Å². The van der Waals surface area contributed by atoms with Crippen LogP contribution >= 0.6 is 11.8 Å². The molecule has 0 saturated heterocycles. The van der Waals surface area contributed by atoms with Gasteiger partial charge >= 0.3 is 0 Å². The summed E-state index contributed by atoms with van der Waals surface area (Å²) >= 11 is 1.28. The summed E-state index contributed by atoms with van der Waals surface area (Å²) in [4.78, 5) is 24.6. The minimum Gasteiger partial charge on any atom is -0.351 e. The average molecular weight is 468 g/mol. The van der Waals surface area contributed by atoms with Crippen LogP contribution in [0.4, 0.5) is 10.1 Å². The number of aromatic nitrogens is 3. The number of nitrogens with one attached hydrogen (secondary N) is 2. The fraction of sp³-hybridized carbons (Fsp3) is 0.250. The van der Waals surface area contributed by atoms with Crippen molar-refractivity contribution in [2.45, 2.75) is 32.0 Å². The zero-order valence-corrected chi connectivity index (χ0v) is 19.4. The van der Waals surface area contributed by atoms with Gasteiger partial charge in [0.25, 0.3) is 5.91 Å². The van der Waals surface area contributed by atoms with Crippen LogP contribution in [0, 0.1) is 19.7 Å². The van der Waals surface area contributed by atoms with Crippen molar-refractivity contribution < 1.29 is 14.0 Å². The Morgan fingerprint density at radius 3 is 2.73 bits per heavy atom. The van der Waals surface area contributed by atoms with Crippen LogP contribution in [0.5, 0.6) is 0 Å². The predicted octanol–water partition coefficient (Wildman–Crippen LogP) is 3.92. The van der Waals surface area contributed by atoms with E-state index in [1.807, 2.05) is 36.6 Å². The SMILES string of the molecule is C=CCn1c(CCNC(=O)c2ccccc2F)nnc1SCC(=O)Nc1cc(C)ccc1C. The van der Waals surface area contributed by atoms with E-state index in [-0.39, 0.29) is 23.8 Å². The molecule has 0 bridgehead atoms. The Morgan fingerprint density at radius 1 is 1.18 bits per heavy atom. The van der Waals surface area contributed by atoms with E-state index in [0.29, 0.717) is 23.9 Å². The van der Waals surface area contributed by atoms with E-state index < -0.39 is 11.7 Å². The maximum absolute atomic E-state index is 13.8. The molecule has 2 amide bonds. The number of anilines is 1. The third-order valence-electron chi connectivity index (χ3n) is 4.86. The molecule has 9 heteroatoms. The molecule has 33 heavy (non-hydrogen) atoms. The maximum Gasteiger partial charge on any atom is 0.254 e. The fourth-order valence-corrected chi connectivity index (χ4v) is 3.91. The van der Waals surface area contributed by atoms with Crippen molar-refractivity contribution in [3.8, 4) is 0 Å². The number of amides is 2. The molecule has 2 N–H and O–H groups in total. The maximum atomic E-state index is 13.8. The highest BCUT2D eigenvalue weighted by Gasteiger charge is 2.15. The Labute approximate surface area is 196 Å². The van der Waals surface area contributed by atoms with E-state index in [2.05, 4.69) is 27.4 Å². The Bertz CT molecular complexity index is 1160. The van der Waals surface area contributed by atoms with E-state index >= 15 is 0 Å². The average Bonchev–Trinajstić information content (AvgIpc) is 3.17. The summed E-state index contributed by atoms with van der Waals surface area (Å²) in [6, 6.07) is 11.7. The summed E-state index contributed by atoms with van der Waals surface area (Å²) < 4.78 is 15.6. The molecule has 0 aliphatic heterocycles. The zero-order valence-electron chi connectivity index (χ0n) is 18.6. The number of aryl methyl sites for hydroxylation is 2. The molecule has 0 radical (unpaired) electrons. The number of nitrogens with zero attached hydrogens (tertiary/aromatic N) is 3. The van der Waals surface area contributed by atoms with Gasteiger partial charge in [-0.2, -0.15) is 0 Å². The second-order valence-electron chi connectivity index (χ2n) is 7.44. The van der Waals surface area contributed by atoms with E-state index in [4.69, 9.17) is 0 Å². The van der Waals surface area contributed by atoms with E-state index in [1.165, 1.54) is 30.0 Å². The summed E-state index contributed by atoms with van der Waals surface area (Å²) in [6.45, 7) is 8.41. The molecule has 1 aromatic heterocycles. The number of allylic oxidation sites excluding steroid dienone is 1. The number of halogens is 1. The fourth-order valence-electron chi connectivity index (χ4n) is 3.14. The molecule has 1 heterocycles. The molecule has 7 nitrogen and oxygen atoms in total. The molecule has 3 aromatic rings. The molecule has 0 spiro atoms. The molecule has 0 aliphatic carbocycles. The van der Waals surface area contributed by atoms with Gasteiger partial charge < -0.3 is 15.2 Å². The van der Waals surface area contributed by atoms with Gasteiger partial charge in [0.1, 0.15) is 11.6 Å². The van der Waals surface area contributed by atoms with Crippen molar-refractivity contribution in [3.05, 3.63) is 83.5 Å². The van der Waals surface area contributed by atoms with Gasteiger partial charge in [0.2, 0.25) is 5.91 Å². The Morgan fingerprint density at radius 2 is 1.97 bits per heavy atom. The number of hydrogen-bond donors (Lipinski definition) is 2. The van der Waals surface area contributed by atoms with Crippen molar-refractivity contribution in [2.75, 3.05) is 17.6 Å². The Kier molecular flexibility index (Phi) is 8.37. The van der Waals surface area contributed by atoms with Crippen LogP contribution < -0.4 is 10.6 Å². The van der Waals surface area contributed by atoms with Gasteiger partial charge in [-0.1, -0.05) is 42.1 Å². The molecule has 2 aromatic carbocycles. The van der Waals surface area contributed by atoms with Gasteiger partial charge in [-0.25, -0.2) is 4.39 Å².